The first-order valence-corrected chi connectivity index (χ1v) is 7.19. The maximum absolute atomic E-state index is 5.96. The van der Waals surface area contributed by atoms with Crippen molar-refractivity contribution in [1.82, 2.24) is 0 Å². The normalized spacial score (nSPS) is 16.7. The van der Waals surface area contributed by atoms with Gasteiger partial charge in [-0.3, -0.25) is 0 Å². The molecule has 1 heterocycles. The van der Waals surface area contributed by atoms with Gasteiger partial charge in [-0.25, -0.2) is 0 Å². The lowest BCUT2D eigenvalue weighted by Gasteiger charge is -2.16. The van der Waals surface area contributed by atoms with Gasteiger partial charge in [-0.2, -0.15) is 0 Å². The third kappa shape index (κ3) is 1.64. The summed E-state index contributed by atoms with van der Waals surface area (Å²) in [6.07, 6.45) is 2.63. The maximum atomic E-state index is 5.96. The van der Waals surface area contributed by atoms with Gasteiger partial charge in [0.15, 0.2) is 0 Å². The Morgan fingerprint density at radius 3 is 2.80 bits per heavy atom. The van der Waals surface area contributed by atoms with Gasteiger partial charge in [-0.1, -0.05) is 25.1 Å². The number of benzene rings is 2. The van der Waals surface area contributed by atoms with E-state index in [9.17, 15) is 0 Å². The predicted molar refractivity (Wildman–Crippen MR) is 80.2 cm³/mol. The van der Waals surface area contributed by atoms with Gasteiger partial charge in [-0.05, 0) is 36.8 Å². The zero-order valence-corrected chi connectivity index (χ0v) is 11.8. The van der Waals surface area contributed by atoms with E-state index in [1.54, 1.807) is 7.11 Å². The van der Waals surface area contributed by atoms with E-state index >= 15 is 0 Å². The Kier molecular flexibility index (Phi) is 2.53. The molecule has 4 rings (SSSR count). The SMILES string of the molecule is COc1[c]cc2oc3ccccc3c2c1C(C)C1CC1. The Hall–Kier alpha value is -1.96. The van der Waals surface area contributed by atoms with Crippen LogP contribution in [-0.2, 0) is 0 Å². The molecule has 0 spiro atoms. The number of fused-ring (bicyclic) bond motifs is 3. The van der Waals surface area contributed by atoms with Gasteiger partial charge in [0.1, 0.15) is 16.9 Å². The number of para-hydroxylation sites is 1. The molecule has 1 radical (unpaired) electrons. The standard InChI is InChI=1S/C18H17O2/c1-11(12-7-8-12)17-15(19-2)9-10-16-18(17)13-5-3-4-6-14(13)20-16/h3-6,10-12H,7-8H2,1-2H3. The van der Waals surface area contributed by atoms with Crippen molar-refractivity contribution in [2.24, 2.45) is 5.92 Å². The average molecular weight is 265 g/mol. The smallest absolute Gasteiger partial charge is 0.136 e. The molecule has 0 amide bonds. The summed E-state index contributed by atoms with van der Waals surface area (Å²) in [5.41, 5.74) is 3.11. The quantitative estimate of drug-likeness (QED) is 0.671. The average Bonchev–Trinajstić information content (AvgIpc) is 3.26. The van der Waals surface area contributed by atoms with Crippen molar-refractivity contribution in [3.63, 3.8) is 0 Å². The lowest BCUT2D eigenvalue weighted by Crippen LogP contribution is -2.00. The molecular formula is C18H17O2. The molecule has 1 aliphatic carbocycles. The minimum absolute atomic E-state index is 0.492. The molecule has 0 bridgehead atoms. The third-order valence-corrected chi connectivity index (χ3v) is 4.46. The van der Waals surface area contributed by atoms with E-state index in [0.717, 1.165) is 22.8 Å². The predicted octanol–water partition coefficient (Wildman–Crippen LogP) is 4.91. The van der Waals surface area contributed by atoms with Crippen molar-refractivity contribution < 1.29 is 9.15 Å². The fourth-order valence-electron chi connectivity index (χ4n) is 3.20. The molecule has 20 heavy (non-hydrogen) atoms. The zero-order valence-electron chi connectivity index (χ0n) is 11.8. The molecule has 101 valence electrons. The summed E-state index contributed by atoms with van der Waals surface area (Å²) in [5.74, 6) is 2.13. The Balaban J connectivity index is 2.09. The highest BCUT2D eigenvalue weighted by atomic mass is 16.5. The van der Waals surface area contributed by atoms with Gasteiger partial charge in [-0.15, -0.1) is 0 Å². The van der Waals surface area contributed by atoms with Crippen LogP contribution in [0.4, 0.5) is 0 Å². The second kappa shape index (κ2) is 4.27. The Bertz CT molecular complexity index is 781. The van der Waals surface area contributed by atoms with Crippen molar-refractivity contribution in [3.8, 4) is 5.75 Å². The fraction of sp³-hybridized carbons (Fsp3) is 0.333. The number of hydrogen-bond acceptors (Lipinski definition) is 2. The van der Waals surface area contributed by atoms with Crippen molar-refractivity contribution in [2.45, 2.75) is 25.7 Å². The Labute approximate surface area is 118 Å². The Morgan fingerprint density at radius 2 is 2.05 bits per heavy atom. The second-order valence-corrected chi connectivity index (χ2v) is 5.70. The summed E-state index contributed by atoms with van der Waals surface area (Å²) in [4.78, 5) is 0. The minimum Gasteiger partial charge on any atom is -0.496 e. The van der Waals surface area contributed by atoms with E-state index in [0.29, 0.717) is 5.92 Å². The molecule has 3 aromatic rings. The first-order chi connectivity index (χ1) is 9.79. The molecule has 1 aromatic heterocycles. The number of ether oxygens (including phenoxy) is 1. The van der Waals surface area contributed by atoms with E-state index in [2.05, 4.69) is 25.1 Å². The molecule has 1 fully saturated rings. The van der Waals surface area contributed by atoms with Crippen LogP contribution in [0.2, 0.25) is 0 Å². The maximum Gasteiger partial charge on any atom is 0.136 e. The van der Waals surface area contributed by atoms with Crippen molar-refractivity contribution >= 4 is 21.9 Å². The van der Waals surface area contributed by atoms with Crippen LogP contribution in [0.5, 0.6) is 5.75 Å². The van der Waals surface area contributed by atoms with Crippen LogP contribution in [0, 0.1) is 12.0 Å². The van der Waals surface area contributed by atoms with E-state index in [-0.39, 0.29) is 0 Å². The number of methoxy groups -OCH3 is 1. The van der Waals surface area contributed by atoms with E-state index < -0.39 is 0 Å². The minimum atomic E-state index is 0.492. The third-order valence-electron chi connectivity index (χ3n) is 4.46. The first kappa shape index (κ1) is 11.8. The summed E-state index contributed by atoms with van der Waals surface area (Å²) in [7, 11) is 1.73. The van der Waals surface area contributed by atoms with Gasteiger partial charge in [0.25, 0.3) is 0 Å². The largest absolute Gasteiger partial charge is 0.496 e. The molecular weight excluding hydrogens is 248 g/mol. The van der Waals surface area contributed by atoms with Crippen LogP contribution in [0.25, 0.3) is 21.9 Å². The van der Waals surface area contributed by atoms with Crippen molar-refractivity contribution in [3.05, 3.63) is 42.0 Å². The van der Waals surface area contributed by atoms with Gasteiger partial charge >= 0.3 is 0 Å². The number of furan rings is 1. The highest BCUT2D eigenvalue weighted by molar-refractivity contribution is 6.07. The number of hydrogen-bond donors (Lipinski definition) is 0. The molecule has 1 unspecified atom stereocenters. The Morgan fingerprint density at radius 1 is 1.25 bits per heavy atom. The molecule has 2 aromatic carbocycles. The number of rotatable bonds is 3. The van der Waals surface area contributed by atoms with Gasteiger partial charge in [0.2, 0.25) is 0 Å². The summed E-state index contributed by atoms with van der Waals surface area (Å²) in [6.45, 7) is 2.30. The molecule has 1 atom stereocenters. The van der Waals surface area contributed by atoms with E-state index in [1.165, 1.54) is 29.2 Å². The van der Waals surface area contributed by atoms with Crippen LogP contribution in [0.15, 0.2) is 34.7 Å². The van der Waals surface area contributed by atoms with Crippen LogP contribution in [-0.4, -0.2) is 7.11 Å². The summed E-state index contributed by atoms with van der Waals surface area (Å²) in [6, 6.07) is 13.4. The monoisotopic (exact) mass is 265 g/mol. The lowest BCUT2D eigenvalue weighted by molar-refractivity contribution is 0.404. The molecule has 1 saturated carbocycles. The molecule has 1 aliphatic rings. The molecule has 2 heteroatoms. The lowest BCUT2D eigenvalue weighted by atomic mass is 9.91. The summed E-state index contributed by atoms with van der Waals surface area (Å²) < 4.78 is 11.5. The van der Waals surface area contributed by atoms with Crippen LogP contribution >= 0.6 is 0 Å². The topological polar surface area (TPSA) is 22.4 Å². The fourth-order valence-corrected chi connectivity index (χ4v) is 3.20. The molecule has 0 N–H and O–H groups in total. The highest BCUT2D eigenvalue weighted by Crippen LogP contribution is 2.48. The van der Waals surface area contributed by atoms with E-state index in [4.69, 9.17) is 9.15 Å². The summed E-state index contributed by atoms with van der Waals surface area (Å²) in [5, 5.41) is 2.38. The van der Waals surface area contributed by atoms with Crippen molar-refractivity contribution in [1.29, 1.82) is 0 Å². The van der Waals surface area contributed by atoms with Crippen LogP contribution < -0.4 is 4.74 Å². The first-order valence-electron chi connectivity index (χ1n) is 7.19. The summed E-state index contributed by atoms with van der Waals surface area (Å²) >= 11 is 0. The second-order valence-electron chi connectivity index (χ2n) is 5.70. The highest BCUT2D eigenvalue weighted by Gasteiger charge is 2.32. The van der Waals surface area contributed by atoms with Crippen molar-refractivity contribution in [2.75, 3.05) is 7.11 Å². The van der Waals surface area contributed by atoms with Gasteiger partial charge < -0.3 is 9.15 Å². The van der Waals surface area contributed by atoms with Crippen LogP contribution in [0.1, 0.15) is 31.2 Å². The molecule has 2 nitrogen and oxygen atoms in total. The molecule has 0 saturated heterocycles. The van der Waals surface area contributed by atoms with E-state index in [1.807, 2.05) is 18.2 Å². The van der Waals surface area contributed by atoms with Gasteiger partial charge in [0, 0.05) is 22.4 Å². The molecule has 0 aliphatic heterocycles. The van der Waals surface area contributed by atoms with Gasteiger partial charge in [0.05, 0.1) is 7.11 Å². The zero-order chi connectivity index (χ0) is 13.7. The van der Waals surface area contributed by atoms with Crippen LogP contribution in [0.3, 0.4) is 0 Å².